The van der Waals surface area contributed by atoms with Crippen molar-refractivity contribution in [2.45, 2.75) is 57.9 Å². The molecule has 0 heterocycles. The third-order valence-corrected chi connectivity index (χ3v) is 2.18. The molecule has 2 heteroatoms. The van der Waals surface area contributed by atoms with Crippen LogP contribution in [0.15, 0.2) is 0 Å². The Kier molecular flexibility index (Phi) is 4.57. The Bertz CT molecular complexity index is 149. The average Bonchev–Trinajstić information content (AvgIpc) is 2.09. The van der Waals surface area contributed by atoms with Gasteiger partial charge in [0.1, 0.15) is 0 Å². The fourth-order valence-corrected chi connectivity index (χ4v) is 1.22. The quantitative estimate of drug-likeness (QED) is 0.622. The molecule has 0 aliphatic rings. The third kappa shape index (κ3) is 4.73. The lowest BCUT2D eigenvalue weighted by Gasteiger charge is -2.26. The zero-order valence-corrected chi connectivity index (χ0v) is 8.27. The molecule has 0 saturated carbocycles. The minimum atomic E-state index is -2.27. The molecule has 0 aromatic carbocycles. The number of unbranched alkanes of at least 4 members (excludes halogenated alkanes) is 2. The largest absolute Gasteiger partial charge is 0.394 e. The molecule has 0 fully saturated rings. The third-order valence-electron chi connectivity index (χ3n) is 2.18. The molecular weight excluding hydrogens is 150 g/mol. The molecule has 74 valence electrons. The summed E-state index contributed by atoms with van der Waals surface area (Å²) >= 11 is 0. The van der Waals surface area contributed by atoms with Crippen molar-refractivity contribution in [3.8, 4) is 0 Å². The van der Waals surface area contributed by atoms with E-state index >= 15 is 0 Å². The van der Waals surface area contributed by atoms with Crippen LogP contribution < -0.4 is 5.73 Å². The van der Waals surface area contributed by atoms with Crippen molar-refractivity contribution in [3.63, 3.8) is 0 Å². The van der Waals surface area contributed by atoms with Gasteiger partial charge in [0.05, 0.1) is 9.30 Å². The Morgan fingerprint density at radius 2 is 1.67 bits per heavy atom. The van der Waals surface area contributed by atoms with Crippen LogP contribution in [0.3, 0.4) is 0 Å². The van der Waals surface area contributed by atoms with E-state index in [-0.39, 0.29) is 0 Å². The Balaban J connectivity index is 4.33. The summed E-state index contributed by atoms with van der Waals surface area (Å²) in [5.74, 6) is 0. The number of hydrogen-bond acceptors (Lipinski definition) is 2. The Labute approximate surface area is 79.0 Å². The first-order valence-corrected chi connectivity index (χ1v) is 4.88. The van der Waals surface area contributed by atoms with Gasteiger partial charge < -0.3 is 10.8 Å². The molecular formula is C10H23NO. The molecule has 0 saturated heterocycles. The molecule has 0 atom stereocenters. The summed E-state index contributed by atoms with van der Waals surface area (Å²) in [5.41, 5.74) is 4.85. The number of aliphatic hydroxyl groups is 1. The second-order valence-corrected chi connectivity index (χ2v) is 3.48. The Morgan fingerprint density at radius 3 is 1.92 bits per heavy atom. The second kappa shape index (κ2) is 6.44. The first-order chi connectivity index (χ1) is 6.37. The molecule has 0 aliphatic carbocycles. The smallest absolute Gasteiger partial charge is 0.0611 e. The highest BCUT2D eigenvalue weighted by Crippen LogP contribution is 2.17. The maximum atomic E-state index is 9.40. The van der Waals surface area contributed by atoms with Crippen molar-refractivity contribution >= 4 is 0 Å². The van der Waals surface area contributed by atoms with Gasteiger partial charge in [-0.2, -0.15) is 0 Å². The molecule has 3 N–H and O–H groups in total. The molecule has 0 aromatic heterocycles. The summed E-state index contributed by atoms with van der Waals surface area (Å²) in [6.07, 6.45) is 4.77. The minimum absolute atomic E-state index is 0.549. The normalized spacial score (nSPS) is 15.7. The lowest BCUT2D eigenvalue weighted by Crippen LogP contribution is -2.43. The van der Waals surface area contributed by atoms with E-state index in [1.165, 1.54) is 0 Å². The maximum absolute atomic E-state index is 9.40. The fraction of sp³-hybridized carbons (Fsp3) is 1.00. The molecule has 0 aromatic rings. The highest BCUT2D eigenvalue weighted by atomic mass is 16.3. The van der Waals surface area contributed by atoms with Crippen LogP contribution in [0.1, 0.15) is 55.1 Å². The van der Waals surface area contributed by atoms with Crippen LogP contribution >= 0.6 is 0 Å². The van der Waals surface area contributed by atoms with E-state index in [4.69, 9.17) is 8.48 Å². The predicted molar refractivity (Wildman–Crippen MR) is 53.1 cm³/mol. The standard InChI is InChI=1S/C10H23NO/c1-3-5-7-10(11,9-12)8-6-4-2/h12H,3-9,11H2,1-2H3/i9D2. The van der Waals surface area contributed by atoms with E-state index in [0.29, 0.717) is 12.8 Å². The van der Waals surface area contributed by atoms with Crippen molar-refractivity contribution < 1.29 is 7.85 Å². The van der Waals surface area contributed by atoms with Crippen molar-refractivity contribution in [2.24, 2.45) is 5.73 Å². The van der Waals surface area contributed by atoms with Gasteiger partial charge in [0.2, 0.25) is 0 Å². The van der Waals surface area contributed by atoms with Gasteiger partial charge in [-0.1, -0.05) is 39.5 Å². The highest BCUT2D eigenvalue weighted by Gasteiger charge is 2.21. The summed E-state index contributed by atoms with van der Waals surface area (Å²) in [7, 11) is 0. The topological polar surface area (TPSA) is 46.2 Å². The van der Waals surface area contributed by atoms with E-state index in [1.54, 1.807) is 0 Å². The predicted octanol–water partition coefficient (Wildman–Crippen LogP) is 2.06. The molecule has 0 unspecified atom stereocenters. The number of hydrogen-bond donors (Lipinski definition) is 2. The zero-order chi connectivity index (χ0) is 11.2. The summed E-state index contributed by atoms with van der Waals surface area (Å²) in [6.45, 7) is 1.80. The second-order valence-electron chi connectivity index (χ2n) is 3.48. The van der Waals surface area contributed by atoms with Gasteiger partial charge in [0.25, 0.3) is 0 Å². The zero-order valence-electron chi connectivity index (χ0n) is 10.3. The van der Waals surface area contributed by atoms with Crippen LogP contribution in [0.2, 0.25) is 0 Å². The van der Waals surface area contributed by atoms with Crippen molar-refractivity contribution in [1.82, 2.24) is 0 Å². The summed E-state index contributed by atoms with van der Waals surface area (Å²) in [6, 6.07) is 0. The molecule has 0 amide bonds. The van der Waals surface area contributed by atoms with Gasteiger partial charge in [-0.25, -0.2) is 0 Å². The monoisotopic (exact) mass is 175 g/mol. The lowest BCUT2D eigenvalue weighted by atomic mass is 9.89. The average molecular weight is 175 g/mol. The van der Waals surface area contributed by atoms with E-state index in [2.05, 4.69) is 0 Å². The van der Waals surface area contributed by atoms with Crippen LogP contribution in [0.25, 0.3) is 0 Å². The van der Waals surface area contributed by atoms with Crippen LogP contribution in [0.4, 0.5) is 0 Å². The summed E-state index contributed by atoms with van der Waals surface area (Å²) < 4.78 is 14.7. The molecule has 0 spiro atoms. The molecule has 0 rings (SSSR count). The van der Waals surface area contributed by atoms with Gasteiger partial charge in [0, 0.05) is 5.54 Å². The summed E-state index contributed by atoms with van der Waals surface area (Å²) in [5, 5.41) is 9.40. The van der Waals surface area contributed by atoms with E-state index < -0.39 is 12.1 Å². The van der Waals surface area contributed by atoms with Gasteiger partial charge in [0.15, 0.2) is 0 Å². The van der Waals surface area contributed by atoms with Gasteiger partial charge in [-0.05, 0) is 12.8 Å². The van der Waals surface area contributed by atoms with Crippen molar-refractivity contribution in [1.29, 1.82) is 0 Å². The number of rotatable bonds is 7. The van der Waals surface area contributed by atoms with E-state index in [9.17, 15) is 5.11 Å². The van der Waals surface area contributed by atoms with Gasteiger partial charge in [-0.15, -0.1) is 0 Å². The van der Waals surface area contributed by atoms with Crippen molar-refractivity contribution in [2.75, 3.05) is 6.56 Å². The number of nitrogens with two attached hydrogens (primary N) is 1. The molecule has 12 heavy (non-hydrogen) atoms. The minimum Gasteiger partial charge on any atom is -0.394 e. The first-order valence-electron chi connectivity index (χ1n) is 5.88. The Hall–Kier alpha value is -0.0800. The molecule has 2 nitrogen and oxygen atoms in total. The molecule has 0 bridgehead atoms. The van der Waals surface area contributed by atoms with Crippen molar-refractivity contribution in [3.05, 3.63) is 0 Å². The Morgan fingerprint density at radius 1 is 1.25 bits per heavy atom. The molecule has 0 aliphatic heterocycles. The lowest BCUT2D eigenvalue weighted by molar-refractivity contribution is 0.173. The SMILES string of the molecule is [2H]C([2H])(O)C(N)(CCCC)CCCC. The van der Waals surface area contributed by atoms with Crippen LogP contribution in [-0.2, 0) is 0 Å². The van der Waals surface area contributed by atoms with Crippen LogP contribution in [0.5, 0.6) is 0 Å². The van der Waals surface area contributed by atoms with E-state index in [1.807, 2.05) is 13.8 Å². The fourth-order valence-electron chi connectivity index (χ4n) is 1.22. The van der Waals surface area contributed by atoms with Gasteiger partial charge in [-0.3, -0.25) is 0 Å². The van der Waals surface area contributed by atoms with Crippen LogP contribution in [-0.4, -0.2) is 17.2 Å². The maximum Gasteiger partial charge on any atom is 0.0611 e. The van der Waals surface area contributed by atoms with Gasteiger partial charge >= 0.3 is 0 Å². The van der Waals surface area contributed by atoms with Crippen LogP contribution in [0, 0.1) is 0 Å². The highest BCUT2D eigenvalue weighted by molar-refractivity contribution is 4.82. The van der Waals surface area contributed by atoms with E-state index in [0.717, 1.165) is 25.7 Å². The summed E-state index contributed by atoms with van der Waals surface area (Å²) in [4.78, 5) is 0. The first kappa shape index (κ1) is 8.52. The molecule has 0 radical (unpaired) electrons.